The molecule has 5 heteroatoms. The number of nitrogens with two attached hydrogens (primary N) is 1. The maximum absolute atomic E-state index is 11.3. The van der Waals surface area contributed by atoms with Crippen LogP contribution in [-0.2, 0) is 9.30 Å². The molecule has 1 atom stereocenters. The molecule has 74 valence electrons. The molecule has 0 radical (unpaired) electrons. The van der Waals surface area contributed by atoms with Gasteiger partial charge in [0.2, 0.25) is 7.37 Å². The fourth-order valence-electron chi connectivity index (χ4n) is 0.906. The lowest BCUT2D eigenvalue weighted by molar-refractivity contribution is 0.199. The zero-order valence-electron chi connectivity index (χ0n) is 7.53. The van der Waals surface area contributed by atoms with Crippen LogP contribution in [0.3, 0.4) is 0 Å². The first-order chi connectivity index (χ1) is 5.62. The Morgan fingerprint density at radius 2 is 2.00 bits per heavy atom. The summed E-state index contributed by atoms with van der Waals surface area (Å²) in [6, 6.07) is 0. The van der Waals surface area contributed by atoms with Gasteiger partial charge in [-0.15, -0.1) is 0 Å². The molecule has 0 aromatic rings. The molecule has 0 aliphatic carbocycles. The number of hydrogen-bond donors (Lipinski definition) is 2. The molecule has 0 aliphatic rings. The number of methoxy groups -OCH3 is 1. The van der Waals surface area contributed by atoms with Crippen LogP contribution in [0, 0.1) is 0 Å². The zero-order chi connectivity index (χ0) is 9.45. The highest BCUT2D eigenvalue weighted by Crippen LogP contribution is 2.41. The second-order valence-corrected chi connectivity index (χ2v) is 5.37. The minimum absolute atomic E-state index is 0.340. The Kier molecular flexibility index (Phi) is 6.67. The average molecular weight is 195 g/mol. The standard InChI is InChI=1S/C7H18NO3P/c1-11-5-3-7-12(9,10)6-2-4-8/h2-8H2,1H3,(H,9,10). The van der Waals surface area contributed by atoms with Gasteiger partial charge in [-0.1, -0.05) is 0 Å². The van der Waals surface area contributed by atoms with E-state index in [1.807, 2.05) is 0 Å². The van der Waals surface area contributed by atoms with Gasteiger partial charge in [0.05, 0.1) is 0 Å². The summed E-state index contributed by atoms with van der Waals surface area (Å²) >= 11 is 0. The second kappa shape index (κ2) is 6.61. The summed E-state index contributed by atoms with van der Waals surface area (Å²) in [5.41, 5.74) is 5.23. The van der Waals surface area contributed by atoms with Crippen LogP contribution in [0.2, 0.25) is 0 Å². The van der Waals surface area contributed by atoms with Crippen LogP contribution in [0.1, 0.15) is 12.8 Å². The van der Waals surface area contributed by atoms with Crippen molar-refractivity contribution in [2.75, 3.05) is 32.6 Å². The van der Waals surface area contributed by atoms with Gasteiger partial charge in [0.1, 0.15) is 0 Å². The van der Waals surface area contributed by atoms with E-state index in [1.165, 1.54) is 0 Å². The van der Waals surface area contributed by atoms with E-state index in [0.29, 0.717) is 38.3 Å². The number of hydrogen-bond acceptors (Lipinski definition) is 3. The molecule has 0 aromatic heterocycles. The van der Waals surface area contributed by atoms with Crippen molar-refractivity contribution in [1.82, 2.24) is 0 Å². The minimum Gasteiger partial charge on any atom is -0.385 e. The molecule has 0 saturated carbocycles. The van der Waals surface area contributed by atoms with Gasteiger partial charge >= 0.3 is 0 Å². The molecule has 0 rings (SSSR count). The lowest BCUT2D eigenvalue weighted by atomic mass is 10.5. The highest BCUT2D eigenvalue weighted by atomic mass is 31.2. The van der Waals surface area contributed by atoms with Crippen LogP contribution >= 0.6 is 7.37 Å². The van der Waals surface area contributed by atoms with Crippen molar-refractivity contribution >= 4 is 7.37 Å². The third kappa shape index (κ3) is 6.80. The molecular weight excluding hydrogens is 177 g/mol. The molecule has 0 saturated heterocycles. The Morgan fingerprint density at radius 3 is 2.50 bits per heavy atom. The summed E-state index contributed by atoms with van der Waals surface area (Å²) < 4.78 is 16.1. The smallest absolute Gasteiger partial charge is 0.200 e. The second-order valence-electron chi connectivity index (χ2n) is 2.78. The van der Waals surface area contributed by atoms with E-state index < -0.39 is 7.37 Å². The maximum atomic E-state index is 11.3. The monoisotopic (exact) mass is 195 g/mol. The van der Waals surface area contributed by atoms with Crippen molar-refractivity contribution < 1.29 is 14.2 Å². The molecule has 0 heterocycles. The van der Waals surface area contributed by atoms with Crippen molar-refractivity contribution in [1.29, 1.82) is 0 Å². The van der Waals surface area contributed by atoms with E-state index in [4.69, 9.17) is 10.5 Å². The predicted molar refractivity (Wildman–Crippen MR) is 49.7 cm³/mol. The number of rotatable bonds is 7. The van der Waals surface area contributed by atoms with Gasteiger partial charge in [0, 0.05) is 26.0 Å². The highest BCUT2D eigenvalue weighted by molar-refractivity contribution is 7.57. The van der Waals surface area contributed by atoms with E-state index in [-0.39, 0.29) is 0 Å². The summed E-state index contributed by atoms with van der Waals surface area (Å²) in [5.74, 6) is 0. The number of ether oxygens (including phenoxy) is 1. The molecule has 0 bridgehead atoms. The Balaban J connectivity index is 3.49. The van der Waals surface area contributed by atoms with Gasteiger partial charge in [-0.2, -0.15) is 0 Å². The highest BCUT2D eigenvalue weighted by Gasteiger charge is 2.15. The average Bonchev–Trinajstić information content (AvgIpc) is 2.01. The van der Waals surface area contributed by atoms with Gasteiger partial charge < -0.3 is 15.4 Å². The Bertz CT molecular complexity index is 152. The molecule has 4 nitrogen and oxygen atoms in total. The van der Waals surface area contributed by atoms with Crippen molar-refractivity contribution in [2.45, 2.75) is 12.8 Å². The summed E-state index contributed by atoms with van der Waals surface area (Å²) in [6.07, 6.45) is 1.96. The van der Waals surface area contributed by atoms with Gasteiger partial charge in [0.25, 0.3) is 0 Å². The first-order valence-electron chi connectivity index (χ1n) is 4.12. The summed E-state index contributed by atoms with van der Waals surface area (Å²) in [6.45, 7) is 1.03. The normalized spacial score (nSPS) is 15.9. The first-order valence-corrected chi connectivity index (χ1v) is 6.15. The van der Waals surface area contributed by atoms with E-state index in [0.717, 1.165) is 0 Å². The third-order valence-electron chi connectivity index (χ3n) is 1.57. The Hall–Kier alpha value is 0.110. The fraction of sp³-hybridized carbons (Fsp3) is 1.00. The largest absolute Gasteiger partial charge is 0.385 e. The van der Waals surface area contributed by atoms with Crippen molar-refractivity contribution in [2.24, 2.45) is 5.73 Å². The summed E-state index contributed by atoms with van der Waals surface area (Å²) in [4.78, 5) is 9.32. The predicted octanol–water partition coefficient (Wildman–Crippen LogP) is 0.642. The first kappa shape index (κ1) is 12.1. The lowest BCUT2D eigenvalue weighted by Gasteiger charge is -2.09. The zero-order valence-corrected chi connectivity index (χ0v) is 8.43. The van der Waals surface area contributed by atoms with Gasteiger partial charge in [-0.05, 0) is 19.4 Å². The van der Waals surface area contributed by atoms with E-state index in [2.05, 4.69) is 0 Å². The summed E-state index contributed by atoms with van der Waals surface area (Å²) in [5, 5.41) is 0. The van der Waals surface area contributed by atoms with Gasteiger partial charge in [-0.25, -0.2) is 0 Å². The van der Waals surface area contributed by atoms with Crippen molar-refractivity contribution in [3.63, 3.8) is 0 Å². The van der Waals surface area contributed by atoms with E-state index >= 15 is 0 Å². The molecular formula is C7H18NO3P. The summed E-state index contributed by atoms with van der Waals surface area (Å²) in [7, 11) is -1.31. The van der Waals surface area contributed by atoms with Crippen LogP contribution in [0.4, 0.5) is 0 Å². The quantitative estimate of drug-likeness (QED) is 0.462. The van der Waals surface area contributed by atoms with Crippen LogP contribution < -0.4 is 5.73 Å². The molecule has 1 unspecified atom stereocenters. The molecule has 12 heavy (non-hydrogen) atoms. The van der Waals surface area contributed by atoms with Crippen molar-refractivity contribution in [3.8, 4) is 0 Å². The van der Waals surface area contributed by atoms with Crippen LogP contribution in [0.25, 0.3) is 0 Å². The van der Waals surface area contributed by atoms with Crippen molar-refractivity contribution in [3.05, 3.63) is 0 Å². The van der Waals surface area contributed by atoms with Crippen LogP contribution in [0.5, 0.6) is 0 Å². The van der Waals surface area contributed by atoms with Gasteiger partial charge in [0.15, 0.2) is 0 Å². The SMILES string of the molecule is COCCCP(=O)(O)CCCN. The Morgan fingerprint density at radius 1 is 1.42 bits per heavy atom. The molecule has 0 aliphatic heterocycles. The topological polar surface area (TPSA) is 72.5 Å². The van der Waals surface area contributed by atoms with Crippen LogP contribution in [0.15, 0.2) is 0 Å². The molecule has 0 fully saturated rings. The van der Waals surface area contributed by atoms with Gasteiger partial charge in [-0.3, -0.25) is 4.57 Å². The fourth-order valence-corrected chi connectivity index (χ4v) is 2.43. The third-order valence-corrected chi connectivity index (χ3v) is 3.60. The minimum atomic E-state index is -2.90. The maximum Gasteiger partial charge on any atom is 0.200 e. The molecule has 0 amide bonds. The van der Waals surface area contributed by atoms with E-state index in [1.54, 1.807) is 7.11 Å². The molecule has 0 spiro atoms. The lowest BCUT2D eigenvalue weighted by Crippen LogP contribution is -2.04. The van der Waals surface area contributed by atoms with Crippen LogP contribution in [-0.4, -0.2) is 37.5 Å². The Labute approximate surface area is 73.6 Å². The molecule has 3 N–H and O–H groups in total. The molecule has 0 aromatic carbocycles. The van der Waals surface area contributed by atoms with E-state index in [9.17, 15) is 9.46 Å².